The summed E-state index contributed by atoms with van der Waals surface area (Å²) >= 11 is 0. The van der Waals surface area contributed by atoms with E-state index in [0.29, 0.717) is 37.1 Å². The number of carbonyl (C=O) groups is 1. The van der Waals surface area contributed by atoms with Crippen molar-refractivity contribution in [1.82, 2.24) is 9.80 Å². The fourth-order valence-electron chi connectivity index (χ4n) is 3.35. The number of nitriles is 1. The zero-order valence-electron chi connectivity index (χ0n) is 12.3. The molecule has 0 bridgehead atoms. The quantitative estimate of drug-likeness (QED) is 0.911. The van der Waals surface area contributed by atoms with Gasteiger partial charge in [-0.25, -0.2) is 4.79 Å². The first-order valence-corrected chi connectivity index (χ1v) is 7.49. The highest BCUT2D eigenvalue weighted by atomic mass is 16.5. The average molecular weight is 301 g/mol. The van der Waals surface area contributed by atoms with Gasteiger partial charge in [0.05, 0.1) is 11.6 Å². The number of nitrogens with zero attached hydrogens (tertiary/aromatic N) is 3. The molecule has 1 aromatic rings. The Morgan fingerprint density at radius 3 is 2.41 bits per heavy atom. The Kier molecular flexibility index (Phi) is 4.16. The lowest BCUT2D eigenvalue weighted by Crippen LogP contribution is -2.33. The second-order valence-corrected chi connectivity index (χ2v) is 5.95. The van der Waals surface area contributed by atoms with Crippen molar-refractivity contribution in [1.29, 1.82) is 5.26 Å². The van der Waals surface area contributed by atoms with Crippen molar-refractivity contribution < 1.29 is 14.6 Å². The van der Waals surface area contributed by atoms with Crippen LogP contribution in [0.25, 0.3) is 0 Å². The van der Waals surface area contributed by atoms with E-state index in [9.17, 15) is 4.79 Å². The van der Waals surface area contributed by atoms with Gasteiger partial charge in [-0.15, -0.1) is 0 Å². The standard InChI is InChI=1S/C16H19N3O3/c17-7-12-1-3-15(4-2-12)22-6-5-18-8-13-10-19(16(20)21)11-14(13)9-18/h1-4,13-14H,5-6,8-11H2,(H,20,21). The molecule has 6 nitrogen and oxygen atoms in total. The Balaban J connectivity index is 1.41. The molecule has 1 amide bonds. The molecule has 2 saturated heterocycles. The van der Waals surface area contributed by atoms with Gasteiger partial charge in [-0.3, -0.25) is 4.90 Å². The fourth-order valence-corrected chi connectivity index (χ4v) is 3.35. The Labute approximate surface area is 129 Å². The predicted molar refractivity (Wildman–Crippen MR) is 79.7 cm³/mol. The smallest absolute Gasteiger partial charge is 0.407 e. The summed E-state index contributed by atoms with van der Waals surface area (Å²) in [6.07, 6.45) is -0.801. The number of likely N-dealkylation sites (tertiary alicyclic amines) is 2. The van der Waals surface area contributed by atoms with Crippen LogP contribution in [0.5, 0.6) is 5.75 Å². The highest BCUT2D eigenvalue weighted by Crippen LogP contribution is 2.30. The van der Waals surface area contributed by atoms with Crippen molar-refractivity contribution in [3.8, 4) is 11.8 Å². The Morgan fingerprint density at radius 2 is 1.86 bits per heavy atom. The third-order valence-electron chi connectivity index (χ3n) is 4.49. The molecular weight excluding hydrogens is 282 g/mol. The third-order valence-corrected chi connectivity index (χ3v) is 4.49. The topological polar surface area (TPSA) is 76.8 Å². The van der Waals surface area contributed by atoms with Gasteiger partial charge in [0.25, 0.3) is 0 Å². The van der Waals surface area contributed by atoms with Crippen LogP contribution >= 0.6 is 0 Å². The van der Waals surface area contributed by atoms with Crippen molar-refractivity contribution in [2.75, 3.05) is 39.3 Å². The maximum absolute atomic E-state index is 11.0. The minimum absolute atomic E-state index is 0.464. The molecule has 0 radical (unpaired) electrons. The molecule has 2 fully saturated rings. The van der Waals surface area contributed by atoms with Gasteiger partial charge in [0.2, 0.25) is 0 Å². The number of fused-ring (bicyclic) bond motifs is 1. The molecule has 3 rings (SSSR count). The van der Waals surface area contributed by atoms with Crippen LogP contribution in [-0.2, 0) is 0 Å². The molecule has 1 N–H and O–H groups in total. The number of benzene rings is 1. The maximum atomic E-state index is 11.0. The van der Waals surface area contributed by atoms with E-state index < -0.39 is 6.09 Å². The number of ether oxygens (including phenoxy) is 1. The van der Waals surface area contributed by atoms with Gasteiger partial charge in [0.15, 0.2) is 0 Å². The minimum atomic E-state index is -0.801. The zero-order chi connectivity index (χ0) is 15.5. The van der Waals surface area contributed by atoms with Gasteiger partial charge in [0.1, 0.15) is 12.4 Å². The fraction of sp³-hybridized carbons (Fsp3) is 0.500. The maximum Gasteiger partial charge on any atom is 0.407 e. The van der Waals surface area contributed by atoms with Crippen molar-refractivity contribution in [2.45, 2.75) is 0 Å². The lowest BCUT2D eigenvalue weighted by molar-refractivity contribution is 0.147. The van der Waals surface area contributed by atoms with E-state index in [1.54, 1.807) is 12.1 Å². The van der Waals surface area contributed by atoms with E-state index in [4.69, 9.17) is 15.1 Å². The van der Waals surface area contributed by atoms with Crippen LogP contribution in [0, 0.1) is 23.2 Å². The number of rotatable bonds is 4. The summed E-state index contributed by atoms with van der Waals surface area (Å²) in [5, 5.41) is 17.8. The number of hydrogen-bond acceptors (Lipinski definition) is 4. The second kappa shape index (κ2) is 6.24. The Bertz CT molecular complexity index is 567. The first-order chi connectivity index (χ1) is 10.7. The largest absolute Gasteiger partial charge is 0.492 e. The normalized spacial score (nSPS) is 24.0. The number of amides is 1. The lowest BCUT2D eigenvalue weighted by atomic mass is 10.0. The van der Waals surface area contributed by atoms with Crippen LogP contribution in [0.1, 0.15) is 5.56 Å². The monoisotopic (exact) mass is 301 g/mol. The van der Waals surface area contributed by atoms with Crippen molar-refractivity contribution >= 4 is 6.09 Å². The SMILES string of the molecule is N#Cc1ccc(OCCN2CC3CN(C(=O)O)CC3C2)cc1. The molecule has 0 aliphatic carbocycles. The van der Waals surface area contributed by atoms with Crippen molar-refractivity contribution in [3.63, 3.8) is 0 Å². The van der Waals surface area contributed by atoms with Gasteiger partial charge in [0, 0.05) is 32.7 Å². The van der Waals surface area contributed by atoms with Gasteiger partial charge in [-0.05, 0) is 36.1 Å². The molecule has 0 spiro atoms. The molecule has 2 atom stereocenters. The molecule has 1 aromatic carbocycles. The summed E-state index contributed by atoms with van der Waals surface area (Å²) in [6.45, 7) is 4.67. The minimum Gasteiger partial charge on any atom is -0.492 e. The molecule has 116 valence electrons. The second-order valence-electron chi connectivity index (χ2n) is 5.95. The van der Waals surface area contributed by atoms with Gasteiger partial charge in [-0.2, -0.15) is 5.26 Å². The first kappa shape index (κ1) is 14.7. The average Bonchev–Trinajstić information content (AvgIpc) is 3.06. The van der Waals surface area contributed by atoms with Crippen molar-refractivity contribution in [2.24, 2.45) is 11.8 Å². The molecule has 6 heteroatoms. The summed E-state index contributed by atoms with van der Waals surface area (Å²) in [4.78, 5) is 14.8. The highest BCUT2D eigenvalue weighted by Gasteiger charge is 2.41. The van der Waals surface area contributed by atoms with E-state index in [2.05, 4.69) is 11.0 Å². The molecule has 2 unspecified atom stereocenters. The van der Waals surface area contributed by atoms with Crippen LogP contribution < -0.4 is 4.74 Å². The summed E-state index contributed by atoms with van der Waals surface area (Å²) in [6, 6.07) is 9.19. The van der Waals surface area contributed by atoms with Crippen LogP contribution in [0.15, 0.2) is 24.3 Å². The molecular formula is C16H19N3O3. The van der Waals surface area contributed by atoms with E-state index >= 15 is 0 Å². The van der Waals surface area contributed by atoms with Crippen molar-refractivity contribution in [3.05, 3.63) is 29.8 Å². The van der Waals surface area contributed by atoms with E-state index in [1.807, 2.05) is 12.1 Å². The first-order valence-electron chi connectivity index (χ1n) is 7.49. The van der Waals surface area contributed by atoms with Crippen LogP contribution in [0.2, 0.25) is 0 Å². The molecule has 2 aliphatic heterocycles. The van der Waals surface area contributed by atoms with E-state index in [0.717, 1.165) is 25.4 Å². The van der Waals surface area contributed by atoms with Crippen LogP contribution in [0.3, 0.4) is 0 Å². The van der Waals surface area contributed by atoms with E-state index in [1.165, 1.54) is 4.90 Å². The molecule has 22 heavy (non-hydrogen) atoms. The molecule has 2 heterocycles. The number of hydrogen-bond donors (Lipinski definition) is 1. The van der Waals surface area contributed by atoms with Gasteiger partial charge >= 0.3 is 6.09 Å². The molecule has 0 aromatic heterocycles. The van der Waals surface area contributed by atoms with E-state index in [-0.39, 0.29) is 0 Å². The van der Waals surface area contributed by atoms with Crippen LogP contribution in [0.4, 0.5) is 4.79 Å². The summed E-state index contributed by atoms with van der Waals surface area (Å²) < 4.78 is 5.69. The third kappa shape index (κ3) is 3.15. The lowest BCUT2D eigenvalue weighted by Gasteiger charge is -2.19. The highest BCUT2D eigenvalue weighted by molar-refractivity contribution is 5.65. The van der Waals surface area contributed by atoms with Gasteiger partial charge < -0.3 is 14.7 Å². The molecule has 0 saturated carbocycles. The predicted octanol–water partition coefficient (Wildman–Crippen LogP) is 1.48. The van der Waals surface area contributed by atoms with Crippen LogP contribution in [-0.4, -0.2) is 60.3 Å². The summed E-state index contributed by atoms with van der Waals surface area (Å²) in [5.41, 5.74) is 0.628. The summed E-state index contributed by atoms with van der Waals surface area (Å²) in [5.74, 6) is 1.70. The Morgan fingerprint density at radius 1 is 1.23 bits per heavy atom. The zero-order valence-corrected chi connectivity index (χ0v) is 12.3. The summed E-state index contributed by atoms with van der Waals surface area (Å²) in [7, 11) is 0. The molecule has 2 aliphatic rings. The number of carboxylic acid groups (broad SMARTS) is 1. The van der Waals surface area contributed by atoms with Gasteiger partial charge in [-0.1, -0.05) is 0 Å². The Hall–Kier alpha value is -2.26.